The number of carbonyl (C=O) groups is 1. The summed E-state index contributed by atoms with van der Waals surface area (Å²) in [4.78, 5) is 12.0. The number of para-hydroxylation sites is 1. The number of hydrogen-bond acceptors (Lipinski definition) is 3. The molecule has 1 N–H and O–H groups in total. The lowest BCUT2D eigenvalue weighted by Crippen LogP contribution is -2.18. The summed E-state index contributed by atoms with van der Waals surface area (Å²) in [5, 5.41) is 10.9. The van der Waals surface area contributed by atoms with Crippen LogP contribution >= 0.6 is 0 Å². The van der Waals surface area contributed by atoms with E-state index in [1.807, 2.05) is 22.8 Å². The zero-order chi connectivity index (χ0) is 19.8. The van der Waals surface area contributed by atoms with Gasteiger partial charge in [0.1, 0.15) is 23.8 Å². The fourth-order valence-electron chi connectivity index (χ4n) is 4.84. The Morgan fingerprint density at radius 3 is 2.90 bits per heavy atom. The molecule has 0 saturated heterocycles. The third-order valence-electron chi connectivity index (χ3n) is 6.11. The first-order valence-corrected chi connectivity index (χ1v) is 10.5. The lowest BCUT2D eigenvalue weighted by atomic mass is 9.91. The normalized spacial score (nSPS) is 15.0. The fraction of sp³-hybridized carbons (Fsp3) is 0.375. The van der Waals surface area contributed by atoms with E-state index in [9.17, 15) is 9.90 Å². The zero-order valence-corrected chi connectivity index (χ0v) is 16.4. The van der Waals surface area contributed by atoms with Gasteiger partial charge >= 0.3 is 5.97 Å². The highest BCUT2D eigenvalue weighted by Crippen LogP contribution is 2.36. The number of carboxylic acid groups (broad SMARTS) is 1. The minimum atomic E-state index is -0.873. The SMILES string of the molecule is O=C(O)c1c(CCCOc2cccc3c2CCCC3)c2cccc3c2n1CCO3. The van der Waals surface area contributed by atoms with Crippen LogP contribution in [-0.4, -0.2) is 28.9 Å². The molecular formula is C24H25NO4. The van der Waals surface area contributed by atoms with Gasteiger partial charge < -0.3 is 19.1 Å². The molecule has 2 aromatic carbocycles. The molecule has 5 nitrogen and oxygen atoms in total. The average Bonchev–Trinajstić information content (AvgIpc) is 3.07. The monoisotopic (exact) mass is 391 g/mol. The molecule has 1 aliphatic heterocycles. The summed E-state index contributed by atoms with van der Waals surface area (Å²) < 4.78 is 13.8. The molecule has 2 aliphatic rings. The standard InChI is InChI=1S/C24H25NO4/c26-24(27)23-19(18-9-4-12-21-22(18)25(23)13-15-29-21)10-5-14-28-20-11-3-7-16-6-1-2-8-17(16)20/h3-4,7,9,11-12H,1-2,5-6,8,10,13-15H2,(H,26,27). The lowest BCUT2D eigenvalue weighted by molar-refractivity contribution is 0.0682. The van der Waals surface area contributed by atoms with Crippen LogP contribution in [0.4, 0.5) is 0 Å². The average molecular weight is 391 g/mol. The molecule has 0 unspecified atom stereocenters. The Hall–Kier alpha value is -2.95. The highest BCUT2D eigenvalue weighted by Gasteiger charge is 2.26. The maximum Gasteiger partial charge on any atom is 0.352 e. The number of benzene rings is 2. The van der Waals surface area contributed by atoms with E-state index in [-0.39, 0.29) is 0 Å². The van der Waals surface area contributed by atoms with Gasteiger partial charge in [-0.2, -0.15) is 0 Å². The molecule has 0 saturated carbocycles. The van der Waals surface area contributed by atoms with E-state index in [1.165, 1.54) is 24.0 Å². The second-order valence-corrected chi connectivity index (χ2v) is 7.84. The predicted molar refractivity (Wildman–Crippen MR) is 111 cm³/mol. The quantitative estimate of drug-likeness (QED) is 0.623. The number of aromatic carboxylic acids is 1. The van der Waals surface area contributed by atoms with E-state index in [2.05, 4.69) is 18.2 Å². The van der Waals surface area contributed by atoms with Crippen LogP contribution in [0.15, 0.2) is 36.4 Å². The summed E-state index contributed by atoms with van der Waals surface area (Å²) >= 11 is 0. The van der Waals surface area contributed by atoms with Gasteiger partial charge in [0.25, 0.3) is 0 Å². The van der Waals surface area contributed by atoms with Crippen LogP contribution in [0.2, 0.25) is 0 Å². The number of fused-ring (bicyclic) bond motifs is 1. The van der Waals surface area contributed by atoms with Gasteiger partial charge in [-0.3, -0.25) is 0 Å². The number of aryl methyl sites for hydroxylation is 2. The van der Waals surface area contributed by atoms with Crippen molar-refractivity contribution >= 4 is 16.9 Å². The molecule has 29 heavy (non-hydrogen) atoms. The fourth-order valence-corrected chi connectivity index (χ4v) is 4.84. The Bertz CT molecular complexity index is 1080. The van der Waals surface area contributed by atoms with Gasteiger partial charge in [-0.15, -0.1) is 0 Å². The van der Waals surface area contributed by atoms with Crippen molar-refractivity contribution in [3.63, 3.8) is 0 Å². The van der Waals surface area contributed by atoms with E-state index < -0.39 is 5.97 Å². The molecule has 5 rings (SSSR count). The largest absolute Gasteiger partial charge is 0.493 e. The third kappa shape index (κ3) is 3.15. The number of nitrogens with zero attached hydrogens (tertiary/aromatic N) is 1. The first kappa shape index (κ1) is 18.1. The Balaban J connectivity index is 1.36. The molecule has 0 bridgehead atoms. The van der Waals surface area contributed by atoms with Crippen LogP contribution in [-0.2, 0) is 25.8 Å². The van der Waals surface area contributed by atoms with Gasteiger partial charge in [-0.05, 0) is 67.3 Å². The highest BCUT2D eigenvalue weighted by atomic mass is 16.5. The van der Waals surface area contributed by atoms with Crippen LogP contribution in [0.5, 0.6) is 11.5 Å². The topological polar surface area (TPSA) is 60.7 Å². The van der Waals surface area contributed by atoms with Crippen LogP contribution in [0.25, 0.3) is 10.9 Å². The summed E-state index contributed by atoms with van der Waals surface area (Å²) in [5.41, 5.74) is 4.96. The minimum Gasteiger partial charge on any atom is -0.493 e. The van der Waals surface area contributed by atoms with Gasteiger partial charge in [-0.1, -0.05) is 24.3 Å². The molecule has 1 aliphatic carbocycles. The van der Waals surface area contributed by atoms with Crippen molar-refractivity contribution in [3.05, 3.63) is 58.8 Å². The Morgan fingerprint density at radius 2 is 2.00 bits per heavy atom. The number of hydrogen-bond donors (Lipinski definition) is 1. The molecule has 0 amide bonds. The first-order valence-electron chi connectivity index (χ1n) is 10.5. The van der Waals surface area contributed by atoms with Crippen molar-refractivity contribution in [3.8, 4) is 11.5 Å². The molecule has 150 valence electrons. The van der Waals surface area contributed by atoms with Crippen molar-refractivity contribution in [1.29, 1.82) is 0 Å². The van der Waals surface area contributed by atoms with Gasteiger partial charge in [-0.25, -0.2) is 4.79 Å². The van der Waals surface area contributed by atoms with Gasteiger partial charge in [0, 0.05) is 5.39 Å². The number of rotatable bonds is 6. The van der Waals surface area contributed by atoms with Crippen LogP contribution in [0, 0.1) is 0 Å². The maximum atomic E-state index is 12.0. The number of ether oxygens (including phenoxy) is 2. The summed E-state index contributed by atoms with van der Waals surface area (Å²) in [7, 11) is 0. The number of aromatic nitrogens is 1. The van der Waals surface area contributed by atoms with E-state index in [1.54, 1.807) is 0 Å². The molecule has 2 heterocycles. The van der Waals surface area contributed by atoms with Crippen molar-refractivity contribution in [2.75, 3.05) is 13.2 Å². The maximum absolute atomic E-state index is 12.0. The first-order chi connectivity index (χ1) is 14.2. The predicted octanol–water partition coefficient (Wildman–Crippen LogP) is 4.62. The molecule has 3 aromatic rings. The lowest BCUT2D eigenvalue weighted by Gasteiger charge is -2.19. The van der Waals surface area contributed by atoms with Crippen LogP contribution < -0.4 is 9.47 Å². The van der Waals surface area contributed by atoms with E-state index >= 15 is 0 Å². The molecule has 5 heteroatoms. The smallest absolute Gasteiger partial charge is 0.352 e. The molecule has 0 spiro atoms. The van der Waals surface area contributed by atoms with Crippen molar-refractivity contribution in [1.82, 2.24) is 4.57 Å². The van der Waals surface area contributed by atoms with E-state index in [0.29, 0.717) is 31.9 Å². The van der Waals surface area contributed by atoms with E-state index in [4.69, 9.17) is 9.47 Å². The van der Waals surface area contributed by atoms with Crippen LogP contribution in [0.1, 0.15) is 46.4 Å². The summed E-state index contributed by atoms with van der Waals surface area (Å²) in [6, 6.07) is 12.2. The van der Waals surface area contributed by atoms with Crippen LogP contribution in [0.3, 0.4) is 0 Å². The zero-order valence-electron chi connectivity index (χ0n) is 16.4. The Labute approximate surface area is 169 Å². The second-order valence-electron chi connectivity index (χ2n) is 7.84. The van der Waals surface area contributed by atoms with E-state index in [0.717, 1.165) is 47.2 Å². The molecule has 1 aromatic heterocycles. The van der Waals surface area contributed by atoms with Crippen molar-refractivity contribution in [2.24, 2.45) is 0 Å². The van der Waals surface area contributed by atoms with Gasteiger partial charge in [0.2, 0.25) is 0 Å². The summed E-state index contributed by atoms with van der Waals surface area (Å²) in [5.74, 6) is 0.897. The highest BCUT2D eigenvalue weighted by molar-refractivity contribution is 6.00. The van der Waals surface area contributed by atoms with Crippen molar-refractivity contribution < 1.29 is 19.4 Å². The molecular weight excluding hydrogens is 366 g/mol. The molecule has 0 fully saturated rings. The minimum absolute atomic E-state index is 0.396. The van der Waals surface area contributed by atoms with Gasteiger partial charge in [0.15, 0.2) is 0 Å². The molecule has 0 atom stereocenters. The summed E-state index contributed by atoms with van der Waals surface area (Å²) in [6.07, 6.45) is 6.14. The van der Waals surface area contributed by atoms with Crippen molar-refractivity contribution in [2.45, 2.75) is 45.1 Å². The molecule has 0 radical (unpaired) electrons. The second kappa shape index (κ2) is 7.47. The Morgan fingerprint density at radius 1 is 1.14 bits per heavy atom. The van der Waals surface area contributed by atoms with Gasteiger partial charge in [0.05, 0.1) is 18.7 Å². The Kier molecular flexibility index (Phi) is 4.66. The summed E-state index contributed by atoms with van der Waals surface area (Å²) in [6.45, 7) is 1.66. The third-order valence-corrected chi connectivity index (χ3v) is 6.11. The number of carboxylic acids is 1.